The van der Waals surface area contributed by atoms with Crippen molar-refractivity contribution in [1.29, 1.82) is 0 Å². The van der Waals surface area contributed by atoms with Crippen molar-refractivity contribution in [1.82, 2.24) is 4.90 Å². The van der Waals surface area contributed by atoms with Crippen molar-refractivity contribution in [3.8, 4) is 0 Å². The summed E-state index contributed by atoms with van der Waals surface area (Å²) in [6.45, 7) is 0.604. The first-order valence-corrected chi connectivity index (χ1v) is 9.45. The minimum atomic E-state index is -3.70. The summed E-state index contributed by atoms with van der Waals surface area (Å²) in [7, 11) is -3.70. The number of sulfonamides is 1. The summed E-state index contributed by atoms with van der Waals surface area (Å²) in [5.41, 5.74) is 2.19. The maximum atomic E-state index is 12.2. The SMILES string of the molecule is NS(=O)(=O)C1CC(=O)N(CC(c2ccccc2)c2ccccc2)C1. The van der Waals surface area contributed by atoms with Gasteiger partial charge in [-0.2, -0.15) is 0 Å². The van der Waals surface area contributed by atoms with Crippen LogP contribution in [0.25, 0.3) is 0 Å². The highest BCUT2D eigenvalue weighted by Crippen LogP contribution is 2.28. The molecule has 1 heterocycles. The van der Waals surface area contributed by atoms with E-state index in [-0.39, 0.29) is 24.8 Å². The fraction of sp³-hybridized carbons (Fsp3) is 0.278. The number of nitrogens with two attached hydrogens (primary N) is 1. The van der Waals surface area contributed by atoms with E-state index in [4.69, 9.17) is 5.14 Å². The van der Waals surface area contributed by atoms with Gasteiger partial charge in [-0.1, -0.05) is 60.7 Å². The van der Waals surface area contributed by atoms with Crippen LogP contribution in [0.3, 0.4) is 0 Å². The molecule has 0 aliphatic carbocycles. The number of hydrogen-bond acceptors (Lipinski definition) is 3. The summed E-state index contributed by atoms with van der Waals surface area (Å²) >= 11 is 0. The smallest absolute Gasteiger partial charge is 0.224 e. The number of rotatable bonds is 5. The first kappa shape index (κ1) is 16.7. The van der Waals surface area contributed by atoms with Gasteiger partial charge < -0.3 is 4.90 Å². The van der Waals surface area contributed by atoms with E-state index in [0.717, 1.165) is 11.1 Å². The highest BCUT2D eigenvalue weighted by Gasteiger charge is 2.37. The van der Waals surface area contributed by atoms with Crippen LogP contribution in [0.2, 0.25) is 0 Å². The Morgan fingerprint density at radius 2 is 1.50 bits per heavy atom. The molecule has 6 heteroatoms. The molecule has 1 unspecified atom stereocenters. The topological polar surface area (TPSA) is 80.5 Å². The predicted molar refractivity (Wildman–Crippen MR) is 92.8 cm³/mol. The van der Waals surface area contributed by atoms with Crippen molar-refractivity contribution in [2.45, 2.75) is 17.6 Å². The number of primary sulfonamides is 1. The predicted octanol–water partition coefficient (Wildman–Crippen LogP) is 1.71. The van der Waals surface area contributed by atoms with Crippen LogP contribution in [0.15, 0.2) is 60.7 Å². The van der Waals surface area contributed by atoms with Crippen LogP contribution in [-0.4, -0.2) is 37.6 Å². The van der Waals surface area contributed by atoms with Gasteiger partial charge in [-0.15, -0.1) is 0 Å². The van der Waals surface area contributed by atoms with E-state index in [9.17, 15) is 13.2 Å². The van der Waals surface area contributed by atoms with Crippen molar-refractivity contribution in [2.24, 2.45) is 5.14 Å². The zero-order valence-electron chi connectivity index (χ0n) is 13.2. The molecule has 1 fully saturated rings. The lowest BCUT2D eigenvalue weighted by Crippen LogP contribution is -2.34. The minimum Gasteiger partial charge on any atom is -0.340 e. The maximum absolute atomic E-state index is 12.2. The Balaban J connectivity index is 1.87. The fourth-order valence-corrected chi connectivity index (χ4v) is 3.89. The third-order valence-corrected chi connectivity index (χ3v) is 5.70. The van der Waals surface area contributed by atoms with E-state index in [1.807, 2.05) is 60.7 Å². The van der Waals surface area contributed by atoms with Crippen molar-refractivity contribution >= 4 is 15.9 Å². The van der Waals surface area contributed by atoms with Gasteiger partial charge in [0.2, 0.25) is 15.9 Å². The van der Waals surface area contributed by atoms with Gasteiger partial charge in [-0.3, -0.25) is 4.79 Å². The van der Waals surface area contributed by atoms with E-state index in [1.165, 1.54) is 0 Å². The Hall–Kier alpha value is -2.18. The van der Waals surface area contributed by atoms with Gasteiger partial charge >= 0.3 is 0 Å². The Morgan fingerprint density at radius 1 is 1.00 bits per heavy atom. The van der Waals surface area contributed by atoms with Crippen molar-refractivity contribution in [3.05, 3.63) is 71.8 Å². The standard InChI is InChI=1S/C18H20N2O3S/c19-24(22,23)16-11-18(21)20(12-16)13-17(14-7-3-1-4-8-14)15-9-5-2-6-10-15/h1-10,16-17H,11-13H2,(H2,19,22,23). The van der Waals surface area contributed by atoms with Gasteiger partial charge in [-0.25, -0.2) is 13.6 Å². The lowest BCUT2D eigenvalue weighted by molar-refractivity contribution is -0.127. The number of carbonyl (C=O) groups excluding carboxylic acids is 1. The number of hydrogen-bond donors (Lipinski definition) is 1. The number of amides is 1. The molecule has 5 nitrogen and oxygen atoms in total. The summed E-state index contributed by atoms with van der Waals surface area (Å²) in [5.74, 6) is -0.165. The molecule has 126 valence electrons. The highest BCUT2D eigenvalue weighted by molar-refractivity contribution is 7.89. The van der Waals surface area contributed by atoms with E-state index in [2.05, 4.69) is 0 Å². The van der Waals surface area contributed by atoms with Crippen molar-refractivity contribution in [2.75, 3.05) is 13.1 Å². The summed E-state index contributed by atoms with van der Waals surface area (Å²) in [4.78, 5) is 13.8. The molecule has 0 bridgehead atoms. The number of benzene rings is 2. The quantitative estimate of drug-likeness (QED) is 0.896. The average molecular weight is 344 g/mol. The molecule has 1 atom stereocenters. The normalized spacial score (nSPS) is 18.3. The molecular formula is C18H20N2O3S. The van der Waals surface area contributed by atoms with Crippen molar-refractivity contribution in [3.63, 3.8) is 0 Å². The largest absolute Gasteiger partial charge is 0.340 e. The molecule has 1 aliphatic rings. The molecule has 2 aromatic rings. The van der Waals surface area contributed by atoms with Crippen LogP contribution in [0.4, 0.5) is 0 Å². The molecule has 1 amide bonds. The zero-order chi connectivity index (χ0) is 17.2. The second-order valence-electron chi connectivity index (χ2n) is 6.09. The lowest BCUT2D eigenvalue weighted by Gasteiger charge is -2.25. The van der Waals surface area contributed by atoms with Crippen LogP contribution < -0.4 is 5.14 Å². The van der Waals surface area contributed by atoms with E-state index in [0.29, 0.717) is 6.54 Å². The third-order valence-electron chi connectivity index (χ3n) is 4.45. The Kier molecular flexibility index (Phi) is 4.69. The first-order chi connectivity index (χ1) is 11.4. The Morgan fingerprint density at radius 3 is 1.92 bits per heavy atom. The summed E-state index contributed by atoms with van der Waals surface area (Å²) < 4.78 is 23.1. The third kappa shape index (κ3) is 3.66. The fourth-order valence-electron chi connectivity index (χ4n) is 3.13. The maximum Gasteiger partial charge on any atom is 0.224 e. The van der Waals surface area contributed by atoms with E-state index in [1.54, 1.807) is 4.90 Å². The van der Waals surface area contributed by atoms with Gasteiger partial charge in [0, 0.05) is 25.4 Å². The second kappa shape index (κ2) is 6.75. The molecule has 1 saturated heterocycles. The number of carbonyl (C=O) groups is 1. The molecule has 3 rings (SSSR count). The van der Waals surface area contributed by atoms with Crippen LogP contribution in [0.5, 0.6) is 0 Å². The van der Waals surface area contributed by atoms with Gasteiger partial charge in [0.15, 0.2) is 0 Å². The minimum absolute atomic E-state index is 0.00409. The molecular weight excluding hydrogens is 324 g/mol. The number of likely N-dealkylation sites (tertiary alicyclic amines) is 1. The zero-order valence-corrected chi connectivity index (χ0v) is 14.0. The van der Waals surface area contributed by atoms with Gasteiger partial charge in [0.05, 0.1) is 0 Å². The molecule has 0 aromatic heterocycles. The summed E-state index contributed by atoms with van der Waals surface area (Å²) in [6, 6.07) is 19.8. The first-order valence-electron chi connectivity index (χ1n) is 7.84. The average Bonchev–Trinajstić information content (AvgIpc) is 2.95. The Labute approximate surface area is 142 Å². The molecule has 0 radical (unpaired) electrons. The number of nitrogens with zero attached hydrogens (tertiary/aromatic N) is 1. The molecule has 0 spiro atoms. The van der Waals surface area contributed by atoms with Crippen LogP contribution in [-0.2, 0) is 14.8 Å². The Bertz CT molecular complexity index is 767. The van der Waals surface area contributed by atoms with E-state index >= 15 is 0 Å². The summed E-state index contributed by atoms with van der Waals surface area (Å²) in [6.07, 6.45) is -0.0326. The molecule has 2 aromatic carbocycles. The molecule has 24 heavy (non-hydrogen) atoms. The highest BCUT2D eigenvalue weighted by atomic mass is 32.2. The van der Waals surface area contributed by atoms with Gasteiger partial charge in [0.25, 0.3) is 0 Å². The molecule has 2 N–H and O–H groups in total. The summed E-state index contributed by atoms with van der Waals surface area (Å²) in [5, 5.41) is 4.40. The van der Waals surface area contributed by atoms with E-state index < -0.39 is 15.3 Å². The molecule has 1 aliphatic heterocycles. The van der Waals surface area contributed by atoms with Gasteiger partial charge in [0.1, 0.15) is 5.25 Å². The lowest BCUT2D eigenvalue weighted by atomic mass is 9.91. The van der Waals surface area contributed by atoms with Gasteiger partial charge in [-0.05, 0) is 11.1 Å². The van der Waals surface area contributed by atoms with Crippen LogP contribution in [0.1, 0.15) is 23.5 Å². The van der Waals surface area contributed by atoms with Crippen LogP contribution >= 0.6 is 0 Å². The van der Waals surface area contributed by atoms with Crippen molar-refractivity contribution < 1.29 is 13.2 Å². The van der Waals surface area contributed by atoms with Crippen LogP contribution in [0, 0.1) is 0 Å². The second-order valence-corrected chi connectivity index (χ2v) is 7.93. The monoisotopic (exact) mass is 344 g/mol. The molecule has 0 saturated carbocycles.